The SMILES string of the molecule is CCOC(=O)C1CCN(C(=O)COC(=O)CNC(=O)c2ccc(C)c(C)c2)CC1. The van der Waals surface area contributed by atoms with Crippen LogP contribution < -0.4 is 5.32 Å². The predicted octanol–water partition coefficient (Wildman–Crippen LogP) is 1.38. The van der Waals surface area contributed by atoms with Gasteiger partial charge in [0.2, 0.25) is 0 Å². The predicted molar refractivity (Wildman–Crippen MR) is 105 cm³/mol. The van der Waals surface area contributed by atoms with E-state index in [4.69, 9.17) is 9.47 Å². The van der Waals surface area contributed by atoms with Gasteiger partial charge in [0.1, 0.15) is 6.54 Å². The van der Waals surface area contributed by atoms with Crippen molar-refractivity contribution in [3.63, 3.8) is 0 Å². The zero-order chi connectivity index (χ0) is 21.4. The Morgan fingerprint density at radius 3 is 2.38 bits per heavy atom. The van der Waals surface area contributed by atoms with Gasteiger partial charge in [-0.05, 0) is 56.9 Å². The Hall–Kier alpha value is -2.90. The second kappa shape index (κ2) is 10.6. The van der Waals surface area contributed by atoms with E-state index in [-0.39, 0.29) is 36.9 Å². The van der Waals surface area contributed by atoms with Crippen LogP contribution in [0.25, 0.3) is 0 Å². The first kappa shape index (κ1) is 22.4. The van der Waals surface area contributed by atoms with Crippen LogP contribution in [0.15, 0.2) is 18.2 Å². The lowest BCUT2D eigenvalue weighted by atomic mass is 9.97. The highest BCUT2D eigenvalue weighted by atomic mass is 16.5. The van der Waals surface area contributed by atoms with Crippen molar-refractivity contribution in [2.45, 2.75) is 33.6 Å². The van der Waals surface area contributed by atoms with Crippen molar-refractivity contribution in [2.75, 3.05) is 32.8 Å². The van der Waals surface area contributed by atoms with Crippen molar-refractivity contribution in [1.82, 2.24) is 10.2 Å². The van der Waals surface area contributed by atoms with Crippen LogP contribution in [-0.2, 0) is 23.9 Å². The molecule has 1 saturated heterocycles. The summed E-state index contributed by atoms with van der Waals surface area (Å²) in [6, 6.07) is 5.28. The number of nitrogens with one attached hydrogen (secondary N) is 1. The van der Waals surface area contributed by atoms with E-state index in [0.29, 0.717) is 38.1 Å². The monoisotopic (exact) mass is 404 g/mol. The number of piperidine rings is 1. The molecule has 0 aromatic heterocycles. The largest absolute Gasteiger partial charge is 0.466 e. The molecule has 2 amide bonds. The molecule has 0 spiro atoms. The van der Waals surface area contributed by atoms with E-state index in [2.05, 4.69) is 5.32 Å². The molecule has 2 rings (SSSR count). The molecule has 1 N–H and O–H groups in total. The third kappa shape index (κ3) is 6.58. The molecule has 8 nitrogen and oxygen atoms in total. The Labute approximate surface area is 170 Å². The molecule has 0 radical (unpaired) electrons. The number of ether oxygens (including phenoxy) is 2. The van der Waals surface area contributed by atoms with Crippen LogP contribution in [0.4, 0.5) is 0 Å². The number of benzene rings is 1. The summed E-state index contributed by atoms with van der Waals surface area (Å²) in [5.41, 5.74) is 2.52. The van der Waals surface area contributed by atoms with Crippen LogP contribution in [0.1, 0.15) is 41.3 Å². The maximum atomic E-state index is 12.2. The van der Waals surface area contributed by atoms with Crippen molar-refractivity contribution in [3.05, 3.63) is 34.9 Å². The van der Waals surface area contributed by atoms with Gasteiger partial charge in [-0.2, -0.15) is 0 Å². The first-order valence-corrected chi connectivity index (χ1v) is 9.77. The summed E-state index contributed by atoms with van der Waals surface area (Å²) in [6.07, 6.45) is 1.06. The summed E-state index contributed by atoms with van der Waals surface area (Å²) in [4.78, 5) is 49.4. The first-order valence-electron chi connectivity index (χ1n) is 9.77. The van der Waals surface area contributed by atoms with Gasteiger partial charge in [0, 0.05) is 18.7 Å². The number of amides is 2. The van der Waals surface area contributed by atoms with Crippen molar-refractivity contribution < 1.29 is 28.7 Å². The van der Waals surface area contributed by atoms with E-state index < -0.39 is 5.97 Å². The standard InChI is InChI=1S/C21H28N2O6/c1-4-28-21(27)16-7-9-23(10-8-16)18(24)13-29-19(25)12-22-20(26)17-6-5-14(2)15(3)11-17/h5-6,11,16H,4,7-10,12-13H2,1-3H3,(H,22,26). The minimum Gasteiger partial charge on any atom is -0.466 e. The molecule has 8 heteroatoms. The van der Waals surface area contributed by atoms with Gasteiger partial charge in [-0.15, -0.1) is 0 Å². The average molecular weight is 404 g/mol. The summed E-state index contributed by atoms with van der Waals surface area (Å²) in [7, 11) is 0. The molecule has 1 aromatic carbocycles. The van der Waals surface area contributed by atoms with Gasteiger partial charge in [-0.3, -0.25) is 19.2 Å². The lowest BCUT2D eigenvalue weighted by Crippen LogP contribution is -2.43. The Bertz CT molecular complexity index is 768. The van der Waals surface area contributed by atoms with Crippen LogP contribution >= 0.6 is 0 Å². The molecule has 1 aliphatic rings. The second-order valence-electron chi connectivity index (χ2n) is 7.05. The maximum Gasteiger partial charge on any atom is 0.325 e. The fourth-order valence-corrected chi connectivity index (χ4v) is 3.05. The van der Waals surface area contributed by atoms with Gasteiger partial charge in [-0.25, -0.2) is 0 Å². The van der Waals surface area contributed by atoms with E-state index in [0.717, 1.165) is 11.1 Å². The molecular formula is C21H28N2O6. The minimum atomic E-state index is -0.683. The van der Waals surface area contributed by atoms with E-state index in [9.17, 15) is 19.2 Å². The van der Waals surface area contributed by atoms with Gasteiger partial charge in [0.15, 0.2) is 6.61 Å². The van der Waals surface area contributed by atoms with Crippen molar-refractivity contribution >= 4 is 23.8 Å². The number of hydrogen-bond acceptors (Lipinski definition) is 6. The molecule has 1 aromatic rings. The smallest absolute Gasteiger partial charge is 0.325 e. The lowest BCUT2D eigenvalue weighted by Gasteiger charge is -2.30. The summed E-state index contributed by atoms with van der Waals surface area (Å²) in [5.74, 6) is -1.80. The fraction of sp³-hybridized carbons (Fsp3) is 0.524. The van der Waals surface area contributed by atoms with E-state index in [1.54, 1.807) is 24.0 Å². The minimum absolute atomic E-state index is 0.192. The second-order valence-corrected chi connectivity index (χ2v) is 7.05. The molecule has 29 heavy (non-hydrogen) atoms. The Morgan fingerprint density at radius 1 is 1.07 bits per heavy atom. The average Bonchev–Trinajstić information content (AvgIpc) is 2.72. The van der Waals surface area contributed by atoms with Crippen LogP contribution in [0.3, 0.4) is 0 Å². The van der Waals surface area contributed by atoms with Crippen LogP contribution in [0.2, 0.25) is 0 Å². The number of nitrogens with zero attached hydrogens (tertiary/aromatic N) is 1. The van der Waals surface area contributed by atoms with E-state index in [1.165, 1.54) is 0 Å². The van der Waals surface area contributed by atoms with Gasteiger partial charge in [0.25, 0.3) is 11.8 Å². The Morgan fingerprint density at radius 2 is 1.76 bits per heavy atom. The van der Waals surface area contributed by atoms with Gasteiger partial charge in [-0.1, -0.05) is 6.07 Å². The Kier molecular flexibility index (Phi) is 8.18. The summed E-state index contributed by atoms with van der Waals surface area (Å²) in [6.45, 7) is 6.09. The molecular weight excluding hydrogens is 376 g/mol. The molecule has 1 heterocycles. The number of aryl methyl sites for hydroxylation is 2. The molecule has 0 atom stereocenters. The molecule has 0 aliphatic carbocycles. The van der Waals surface area contributed by atoms with Gasteiger partial charge < -0.3 is 19.7 Å². The van der Waals surface area contributed by atoms with Crippen LogP contribution in [0.5, 0.6) is 0 Å². The highest BCUT2D eigenvalue weighted by Gasteiger charge is 2.28. The molecule has 1 fully saturated rings. The maximum absolute atomic E-state index is 12.2. The zero-order valence-corrected chi connectivity index (χ0v) is 17.2. The quantitative estimate of drug-likeness (QED) is 0.689. The molecule has 0 unspecified atom stereocenters. The Balaban J connectivity index is 1.69. The molecule has 158 valence electrons. The molecule has 0 saturated carbocycles. The molecule has 1 aliphatic heterocycles. The van der Waals surface area contributed by atoms with Crippen molar-refractivity contribution in [3.8, 4) is 0 Å². The normalized spacial score (nSPS) is 14.2. The lowest BCUT2D eigenvalue weighted by molar-refractivity contribution is -0.154. The number of rotatable bonds is 7. The summed E-state index contributed by atoms with van der Waals surface area (Å²) < 4.78 is 9.96. The van der Waals surface area contributed by atoms with E-state index >= 15 is 0 Å². The van der Waals surface area contributed by atoms with Gasteiger partial charge in [0.05, 0.1) is 12.5 Å². The summed E-state index contributed by atoms with van der Waals surface area (Å²) in [5, 5.41) is 2.49. The number of carbonyl (C=O) groups excluding carboxylic acids is 4. The van der Waals surface area contributed by atoms with Gasteiger partial charge >= 0.3 is 11.9 Å². The van der Waals surface area contributed by atoms with Crippen molar-refractivity contribution in [1.29, 1.82) is 0 Å². The summed E-state index contributed by atoms with van der Waals surface area (Å²) >= 11 is 0. The van der Waals surface area contributed by atoms with E-state index in [1.807, 2.05) is 19.9 Å². The number of likely N-dealkylation sites (tertiary alicyclic amines) is 1. The fourth-order valence-electron chi connectivity index (χ4n) is 3.05. The molecule has 0 bridgehead atoms. The van der Waals surface area contributed by atoms with Crippen LogP contribution in [-0.4, -0.2) is 61.5 Å². The third-order valence-electron chi connectivity index (χ3n) is 4.99. The first-order chi connectivity index (χ1) is 13.8. The topological polar surface area (TPSA) is 102 Å². The zero-order valence-electron chi connectivity index (χ0n) is 17.2. The number of hydrogen-bond donors (Lipinski definition) is 1. The van der Waals surface area contributed by atoms with Crippen LogP contribution in [0, 0.1) is 19.8 Å². The highest BCUT2D eigenvalue weighted by molar-refractivity contribution is 5.96. The highest BCUT2D eigenvalue weighted by Crippen LogP contribution is 2.18. The third-order valence-corrected chi connectivity index (χ3v) is 4.99. The number of esters is 2. The van der Waals surface area contributed by atoms with Crippen molar-refractivity contribution in [2.24, 2.45) is 5.92 Å². The number of carbonyl (C=O) groups is 4.